The highest BCUT2D eigenvalue weighted by atomic mass is 14.8. The molecule has 6 nitrogen and oxygen atoms in total. The van der Waals surface area contributed by atoms with E-state index in [0.29, 0.717) is 0 Å². The smallest absolute Gasteiger partial charge is 0.0972 e. The summed E-state index contributed by atoms with van der Waals surface area (Å²) < 4.78 is 0. The van der Waals surface area contributed by atoms with Crippen molar-refractivity contribution in [3.05, 3.63) is 182 Å². The third-order valence-corrected chi connectivity index (χ3v) is 11.4. The summed E-state index contributed by atoms with van der Waals surface area (Å²) in [7, 11) is 0. The molecule has 6 heteroatoms. The van der Waals surface area contributed by atoms with Crippen LogP contribution >= 0.6 is 0 Å². The van der Waals surface area contributed by atoms with E-state index >= 15 is 0 Å². The Hall–Kier alpha value is -7.96. The maximum atomic E-state index is 5.19. The Morgan fingerprint density at radius 1 is 0.276 bits per heavy atom. The fraction of sp³-hybridized carbons (Fsp3) is 0. The summed E-state index contributed by atoms with van der Waals surface area (Å²) in [6.45, 7) is 0. The van der Waals surface area contributed by atoms with Gasteiger partial charge in [-0.3, -0.25) is 15.0 Å². The molecule has 0 bridgehead atoms. The van der Waals surface area contributed by atoms with Gasteiger partial charge in [0.15, 0.2) is 0 Å². The molecule has 6 aromatic heterocycles. The van der Waals surface area contributed by atoms with Crippen LogP contribution in [-0.2, 0) is 0 Å². The van der Waals surface area contributed by atoms with Crippen molar-refractivity contribution in [3.63, 3.8) is 0 Å². The summed E-state index contributed by atoms with van der Waals surface area (Å²) in [5, 5.41) is 8.69. The van der Waals surface area contributed by atoms with E-state index in [4.69, 9.17) is 15.0 Å². The molecule has 0 saturated carbocycles. The van der Waals surface area contributed by atoms with Crippen LogP contribution < -0.4 is 0 Å². The average molecular weight is 739 g/mol. The molecule has 0 spiro atoms. The van der Waals surface area contributed by atoms with Gasteiger partial charge in [-0.1, -0.05) is 97.1 Å². The molecule has 0 unspecified atom stereocenters. The standard InChI is InChI=1S/C52H30N6/c1-2-9-39-38(8-1)40(18-19-41(39)47-22-13-32-12-11-31-6-3-25-53-49(31)51(32)58-47)46-23-16-35-28-33(14-20-44(35)56-46)34-15-21-45-36(29-34)17-24-48(57-45)43-30-37-7-4-26-54-50(37)52-42(43)10-5-27-55-52/h1-30H. The van der Waals surface area contributed by atoms with Crippen molar-refractivity contribution in [1.82, 2.24) is 29.9 Å². The van der Waals surface area contributed by atoms with E-state index in [-0.39, 0.29) is 0 Å². The number of aromatic nitrogens is 6. The van der Waals surface area contributed by atoms with Gasteiger partial charge in [0.1, 0.15) is 0 Å². The molecule has 0 aliphatic rings. The van der Waals surface area contributed by atoms with Crippen LogP contribution in [-0.4, -0.2) is 29.9 Å². The van der Waals surface area contributed by atoms with Crippen LogP contribution in [0.2, 0.25) is 0 Å². The van der Waals surface area contributed by atoms with Crippen molar-refractivity contribution in [2.24, 2.45) is 0 Å². The molecule has 0 atom stereocenters. The van der Waals surface area contributed by atoms with Crippen molar-refractivity contribution in [3.8, 4) is 44.9 Å². The van der Waals surface area contributed by atoms with Gasteiger partial charge in [0, 0.05) is 67.6 Å². The SMILES string of the molecule is c1cnc2c(c1)ccc1ccc(-c3ccc(-c4ccc5cc(-c6ccc7nc(-c8cc9cccnc9c9ncccc89)ccc7c6)ccc5n4)c4ccccc34)nc12. The average Bonchev–Trinajstić information content (AvgIpc) is 3.30. The molecule has 58 heavy (non-hydrogen) atoms. The number of nitrogens with zero attached hydrogens (tertiary/aromatic N) is 6. The van der Waals surface area contributed by atoms with Gasteiger partial charge in [-0.15, -0.1) is 0 Å². The summed E-state index contributed by atoms with van der Waals surface area (Å²) >= 11 is 0. The van der Waals surface area contributed by atoms with Crippen LogP contribution in [0.3, 0.4) is 0 Å². The lowest BCUT2D eigenvalue weighted by molar-refractivity contribution is 1.36. The Bertz CT molecular complexity index is 3650. The van der Waals surface area contributed by atoms with E-state index in [9.17, 15) is 0 Å². The Balaban J connectivity index is 0.882. The van der Waals surface area contributed by atoms with Crippen molar-refractivity contribution >= 4 is 76.2 Å². The zero-order valence-electron chi connectivity index (χ0n) is 31.0. The van der Waals surface area contributed by atoms with Crippen molar-refractivity contribution in [1.29, 1.82) is 0 Å². The molecule has 0 saturated heterocycles. The number of hydrogen-bond donors (Lipinski definition) is 0. The number of rotatable bonds is 4. The van der Waals surface area contributed by atoms with Gasteiger partial charge in [-0.2, -0.15) is 0 Å². The summed E-state index contributed by atoms with van der Waals surface area (Å²) in [5.74, 6) is 0. The quantitative estimate of drug-likeness (QED) is 0.167. The second-order valence-corrected chi connectivity index (χ2v) is 14.7. The summed E-state index contributed by atoms with van der Waals surface area (Å²) in [6, 6.07) is 57.3. The van der Waals surface area contributed by atoms with E-state index in [1.165, 1.54) is 0 Å². The zero-order valence-corrected chi connectivity index (χ0v) is 31.0. The van der Waals surface area contributed by atoms with Crippen molar-refractivity contribution < 1.29 is 0 Å². The van der Waals surface area contributed by atoms with Gasteiger partial charge in [-0.05, 0) is 88.6 Å². The fourth-order valence-electron chi connectivity index (χ4n) is 8.52. The zero-order chi connectivity index (χ0) is 38.2. The fourth-order valence-corrected chi connectivity index (χ4v) is 8.52. The van der Waals surface area contributed by atoms with Gasteiger partial charge in [0.25, 0.3) is 0 Å². The van der Waals surface area contributed by atoms with Crippen LogP contribution in [0.4, 0.5) is 0 Å². The van der Waals surface area contributed by atoms with Crippen LogP contribution in [0.15, 0.2) is 182 Å². The van der Waals surface area contributed by atoms with E-state index < -0.39 is 0 Å². The maximum absolute atomic E-state index is 5.19. The number of fused-ring (bicyclic) bond motifs is 9. The molecule has 0 amide bonds. The summed E-state index contributed by atoms with van der Waals surface area (Å²) in [6.07, 6.45) is 5.47. The maximum Gasteiger partial charge on any atom is 0.0972 e. The lowest BCUT2D eigenvalue weighted by atomic mass is 9.95. The van der Waals surface area contributed by atoms with Gasteiger partial charge in [-0.25, -0.2) is 15.0 Å². The van der Waals surface area contributed by atoms with E-state index in [0.717, 1.165) is 121 Å². The highest BCUT2D eigenvalue weighted by molar-refractivity contribution is 6.10. The minimum Gasteiger partial charge on any atom is -0.254 e. The molecule has 268 valence electrons. The highest BCUT2D eigenvalue weighted by Crippen LogP contribution is 2.38. The van der Waals surface area contributed by atoms with Crippen LogP contribution in [0.1, 0.15) is 0 Å². The Labute approximate surface area is 332 Å². The lowest BCUT2D eigenvalue weighted by Crippen LogP contribution is -1.92. The Kier molecular flexibility index (Phi) is 7.13. The molecule has 0 fully saturated rings. The summed E-state index contributed by atoms with van der Waals surface area (Å²) in [4.78, 5) is 29.5. The molecule has 0 N–H and O–H groups in total. The minimum absolute atomic E-state index is 0.888. The highest BCUT2D eigenvalue weighted by Gasteiger charge is 2.15. The third kappa shape index (κ3) is 5.20. The molecule has 0 radical (unpaired) electrons. The predicted octanol–water partition coefficient (Wildman–Crippen LogP) is 12.8. The van der Waals surface area contributed by atoms with E-state index in [1.807, 2.05) is 36.8 Å². The molecular formula is C52H30N6. The lowest BCUT2D eigenvalue weighted by Gasteiger charge is -2.13. The van der Waals surface area contributed by atoms with Gasteiger partial charge >= 0.3 is 0 Å². The summed E-state index contributed by atoms with van der Waals surface area (Å²) in [5.41, 5.74) is 13.8. The molecule has 6 heterocycles. The molecule has 12 aromatic rings. The Morgan fingerprint density at radius 2 is 0.759 bits per heavy atom. The molecule has 6 aromatic carbocycles. The van der Waals surface area contributed by atoms with Crippen molar-refractivity contribution in [2.45, 2.75) is 0 Å². The van der Waals surface area contributed by atoms with Crippen LogP contribution in [0.5, 0.6) is 0 Å². The predicted molar refractivity (Wildman–Crippen MR) is 237 cm³/mol. The topological polar surface area (TPSA) is 77.3 Å². The number of hydrogen-bond acceptors (Lipinski definition) is 6. The molecule has 0 aliphatic heterocycles. The normalized spacial score (nSPS) is 11.8. The second kappa shape index (κ2) is 12.8. The molecule has 12 rings (SSSR count). The largest absolute Gasteiger partial charge is 0.254 e. The van der Waals surface area contributed by atoms with Gasteiger partial charge in [0.2, 0.25) is 0 Å². The number of pyridine rings is 6. The molecule has 0 aliphatic carbocycles. The monoisotopic (exact) mass is 738 g/mol. The van der Waals surface area contributed by atoms with Gasteiger partial charge in [0.05, 0.1) is 50.2 Å². The van der Waals surface area contributed by atoms with Crippen molar-refractivity contribution in [2.75, 3.05) is 0 Å². The van der Waals surface area contributed by atoms with Gasteiger partial charge < -0.3 is 0 Å². The first-order valence-corrected chi connectivity index (χ1v) is 19.3. The van der Waals surface area contributed by atoms with Crippen LogP contribution in [0, 0.1) is 0 Å². The first-order valence-electron chi connectivity index (χ1n) is 19.3. The minimum atomic E-state index is 0.888. The first kappa shape index (κ1) is 32.3. The molecular weight excluding hydrogens is 709 g/mol. The first-order chi connectivity index (χ1) is 28.7. The third-order valence-electron chi connectivity index (χ3n) is 11.4. The Morgan fingerprint density at radius 3 is 1.41 bits per heavy atom. The van der Waals surface area contributed by atoms with E-state index in [1.54, 1.807) is 0 Å². The van der Waals surface area contributed by atoms with E-state index in [2.05, 4.69) is 161 Å². The number of benzene rings is 6. The van der Waals surface area contributed by atoms with Crippen LogP contribution in [0.25, 0.3) is 121 Å². The second-order valence-electron chi connectivity index (χ2n) is 14.7.